The van der Waals surface area contributed by atoms with Gasteiger partial charge in [-0.1, -0.05) is 12.1 Å². The van der Waals surface area contributed by atoms with Gasteiger partial charge < -0.3 is 5.32 Å². The second-order valence-electron chi connectivity index (χ2n) is 4.85. The van der Waals surface area contributed by atoms with Crippen molar-refractivity contribution >= 4 is 16.3 Å². The average molecular weight is 289 g/mol. The first-order valence-electron chi connectivity index (χ1n) is 6.55. The maximum atomic E-state index is 12.9. The lowest BCUT2D eigenvalue weighted by Crippen LogP contribution is -2.19. The van der Waals surface area contributed by atoms with Gasteiger partial charge in [0.1, 0.15) is 5.82 Å². The average Bonchev–Trinajstić information content (AvgIpc) is 2.98. The van der Waals surface area contributed by atoms with Crippen molar-refractivity contribution in [3.05, 3.63) is 58.6 Å². The van der Waals surface area contributed by atoms with E-state index in [0.29, 0.717) is 0 Å². The molecular weight excluding hydrogens is 273 g/mol. The van der Waals surface area contributed by atoms with Crippen molar-refractivity contribution in [3.63, 3.8) is 0 Å². The third-order valence-corrected chi connectivity index (χ3v) is 4.26. The minimum atomic E-state index is -0.201. The highest BCUT2D eigenvalue weighted by molar-refractivity contribution is 7.15. The molecule has 0 aliphatic rings. The van der Waals surface area contributed by atoms with Gasteiger partial charge in [-0.2, -0.15) is 0 Å². The largest absolute Gasteiger partial charge is 0.305 e. The molecule has 0 unspecified atom stereocenters. The molecule has 1 N–H and O–H groups in total. The first kappa shape index (κ1) is 13.3. The molecule has 2 heterocycles. The Kier molecular flexibility index (Phi) is 3.54. The minimum Gasteiger partial charge on any atom is -0.305 e. The molecule has 3 aromatic rings. The predicted octanol–water partition coefficient (Wildman–Crippen LogP) is 3.69. The summed E-state index contributed by atoms with van der Waals surface area (Å²) < 4.78 is 15.0. The molecule has 104 valence electrons. The van der Waals surface area contributed by atoms with E-state index in [0.717, 1.165) is 22.8 Å². The Bertz CT molecular complexity index is 714. The van der Waals surface area contributed by atoms with Gasteiger partial charge in [-0.3, -0.25) is 4.40 Å². The number of nitrogens with one attached hydrogen (secondary N) is 1. The second-order valence-corrected chi connectivity index (χ2v) is 5.73. The molecule has 0 amide bonds. The lowest BCUT2D eigenvalue weighted by Gasteiger charge is -2.14. The number of fused-ring (bicyclic) bond motifs is 1. The van der Waals surface area contributed by atoms with Crippen molar-refractivity contribution in [1.29, 1.82) is 0 Å². The normalized spacial score (nSPS) is 12.9. The Morgan fingerprint density at radius 2 is 2.10 bits per heavy atom. The van der Waals surface area contributed by atoms with Crippen LogP contribution in [0, 0.1) is 12.7 Å². The fraction of sp³-hybridized carbons (Fsp3) is 0.267. The van der Waals surface area contributed by atoms with Gasteiger partial charge in [0.2, 0.25) is 0 Å². The maximum absolute atomic E-state index is 12.9. The highest BCUT2D eigenvalue weighted by Gasteiger charge is 2.11. The number of hydrogen-bond acceptors (Lipinski definition) is 3. The zero-order chi connectivity index (χ0) is 14.1. The fourth-order valence-corrected chi connectivity index (χ4v) is 3.05. The standard InChI is InChI=1S/C15H16FN3S/c1-10(12-3-5-13(16)6-4-12)17-9-14-11(2)18-15-19(14)7-8-20-15/h3-8,10,17H,9H2,1-2H3/t10-/m0/s1. The van der Waals surface area contributed by atoms with Gasteiger partial charge in [0, 0.05) is 24.2 Å². The molecular formula is C15H16FN3S. The molecule has 0 aliphatic heterocycles. The third-order valence-electron chi connectivity index (χ3n) is 3.51. The second kappa shape index (κ2) is 5.34. The summed E-state index contributed by atoms with van der Waals surface area (Å²) in [4.78, 5) is 5.55. The summed E-state index contributed by atoms with van der Waals surface area (Å²) in [5.41, 5.74) is 3.31. The van der Waals surface area contributed by atoms with E-state index in [4.69, 9.17) is 0 Å². The highest BCUT2D eigenvalue weighted by atomic mass is 32.1. The van der Waals surface area contributed by atoms with Crippen LogP contribution in [0.2, 0.25) is 0 Å². The summed E-state index contributed by atoms with van der Waals surface area (Å²) in [6.45, 7) is 4.84. The maximum Gasteiger partial charge on any atom is 0.194 e. The number of aromatic nitrogens is 2. The van der Waals surface area contributed by atoms with Gasteiger partial charge in [-0.15, -0.1) is 11.3 Å². The SMILES string of the molecule is Cc1nc2sccn2c1CN[C@@H](C)c1ccc(F)cc1. The van der Waals surface area contributed by atoms with E-state index in [1.54, 1.807) is 11.3 Å². The summed E-state index contributed by atoms with van der Waals surface area (Å²) in [5.74, 6) is -0.201. The first-order chi connectivity index (χ1) is 9.65. The van der Waals surface area contributed by atoms with Gasteiger partial charge >= 0.3 is 0 Å². The highest BCUT2D eigenvalue weighted by Crippen LogP contribution is 2.18. The molecule has 0 bridgehead atoms. The summed E-state index contributed by atoms with van der Waals surface area (Å²) in [7, 11) is 0. The molecule has 20 heavy (non-hydrogen) atoms. The van der Waals surface area contributed by atoms with Crippen molar-refractivity contribution < 1.29 is 4.39 Å². The van der Waals surface area contributed by atoms with E-state index < -0.39 is 0 Å². The van der Waals surface area contributed by atoms with Gasteiger partial charge in [0.15, 0.2) is 4.96 Å². The number of halogens is 1. The number of imidazole rings is 1. The fourth-order valence-electron chi connectivity index (χ4n) is 2.27. The number of thiazole rings is 1. The Hall–Kier alpha value is -1.72. The van der Waals surface area contributed by atoms with Crippen LogP contribution in [0.1, 0.15) is 29.9 Å². The van der Waals surface area contributed by atoms with Crippen LogP contribution in [-0.2, 0) is 6.54 Å². The van der Waals surface area contributed by atoms with Crippen molar-refractivity contribution in [2.45, 2.75) is 26.4 Å². The molecule has 0 fully saturated rings. The van der Waals surface area contributed by atoms with Crippen LogP contribution in [-0.4, -0.2) is 9.38 Å². The van der Waals surface area contributed by atoms with Gasteiger partial charge in [-0.25, -0.2) is 9.37 Å². The van der Waals surface area contributed by atoms with Crippen molar-refractivity contribution in [3.8, 4) is 0 Å². The smallest absolute Gasteiger partial charge is 0.194 e. The third kappa shape index (κ3) is 2.46. The van der Waals surface area contributed by atoms with Crippen LogP contribution in [0.3, 0.4) is 0 Å². The molecule has 2 aromatic heterocycles. The number of nitrogens with zero attached hydrogens (tertiary/aromatic N) is 2. The van der Waals surface area contributed by atoms with Crippen molar-refractivity contribution in [2.75, 3.05) is 0 Å². The molecule has 0 aliphatic carbocycles. The van der Waals surface area contributed by atoms with Gasteiger partial charge in [-0.05, 0) is 31.5 Å². The van der Waals surface area contributed by atoms with Crippen molar-refractivity contribution in [2.24, 2.45) is 0 Å². The zero-order valence-corrected chi connectivity index (χ0v) is 12.2. The molecule has 0 radical (unpaired) electrons. The molecule has 0 saturated heterocycles. The summed E-state index contributed by atoms with van der Waals surface area (Å²) in [6, 6.07) is 6.79. The van der Waals surface area contributed by atoms with E-state index in [1.165, 1.54) is 17.8 Å². The summed E-state index contributed by atoms with van der Waals surface area (Å²) >= 11 is 1.64. The van der Waals surface area contributed by atoms with E-state index in [-0.39, 0.29) is 11.9 Å². The Labute approximate surface area is 121 Å². The summed E-state index contributed by atoms with van der Waals surface area (Å²) in [5, 5.41) is 5.50. The molecule has 0 spiro atoms. The van der Waals surface area contributed by atoms with Crippen LogP contribution in [0.5, 0.6) is 0 Å². The lowest BCUT2D eigenvalue weighted by atomic mass is 10.1. The number of aryl methyl sites for hydroxylation is 1. The molecule has 3 rings (SSSR count). The van der Waals surface area contributed by atoms with Crippen LogP contribution in [0.25, 0.3) is 4.96 Å². The Morgan fingerprint density at radius 1 is 1.35 bits per heavy atom. The van der Waals surface area contributed by atoms with Crippen molar-refractivity contribution in [1.82, 2.24) is 14.7 Å². The number of benzene rings is 1. The van der Waals surface area contributed by atoms with Crippen LogP contribution >= 0.6 is 11.3 Å². The molecule has 1 atom stereocenters. The molecule has 1 aromatic carbocycles. The van der Waals surface area contributed by atoms with E-state index in [9.17, 15) is 4.39 Å². The van der Waals surface area contributed by atoms with E-state index >= 15 is 0 Å². The minimum absolute atomic E-state index is 0.166. The van der Waals surface area contributed by atoms with Crippen LogP contribution in [0.15, 0.2) is 35.8 Å². The Balaban J connectivity index is 1.74. The first-order valence-corrected chi connectivity index (χ1v) is 7.43. The number of hydrogen-bond donors (Lipinski definition) is 1. The van der Waals surface area contributed by atoms with Crippen LogP contribution in [0.4, 0.5) is 4.39 Å². The molecule has 3 nitrogen and oxygen atoms in total. The predicted molar refractivity (Wildman–Crippen MR) is 79.5 cm³/mol. The van der Waals surface area contributed by atoms with E-state index in [2.05, 4.69) is 21.6 Å². The monoisotopic (exact) mass is 289 g/mol. The quantitative estimate of drug-likeness (QED) is 0.793. The van der Waals surface area contributed by atoms with Gasteiger partial charge in [0.05, 0.1) is 11.4 Å². The molecule has 5 heteroatoms. The zero-order valence-electron chi connectivity index (χ0n) is 11.4. The lowest BCUT2D eigenvalue weighted by molar-refractivity contribution is 0.561. The van der Waals surface area contributed by atoms with Gasteiger partial charge in [0.25, 0.3) is 0 Å². The topological polar surface area (TPSA) is 29.3 Å². The van der Waals surface area contributed by atoms with E-state index in [1.807, 2.05) is 30.6 Å². The Morgan fingerprint density at radius 3 is 2.85 bits per heavy atom. The number of rotatable bonds is 4. The summed E-state index contributed by atoms with van der Waals surface area (Å²) in [6.07, 6.45) is 2.04. The van der Waals surface area contributed by atoms with Crippen LogP contribution < -0.4 is 5.32 Å². The molecule has 0 saturated carbocycles.